The Balaban J connectivity index is 2.49. The number of hydrogen-bond donors (Lipinski definition) is 1. The number of unbranched alkanes of at least 4 members (excludes halogenated alkanes) is 1. The van der Waals surface area contributed by atoms with Gasteiger partial charge < -0.3 is 14.7 Å². The smallest absolute Gasteiger partial charge is 0.238 e. The van der Waals surface area contributed by atoms with E-state index in [2.05, 4.69) is 31.2 Å². The summed E-state index contributed by atoms with van der Waals surface area (Å²) < 4.78 is 4.92. The first kappa shape index (κ1) is 20.5. The first-order valence-corrected chi connectivity index (χ1v) is 9.59. The van der Waals surface area contributed by atoms with Gasteiger partial charge in [-0.25, -0.2) is 0 Å². The van der Waals surface area contributed by atoms with E-state index >= 15 is 0 Å². The molecule has 24 heavy (non-hydrogen) atoms. The Labute approximate surface area is 148 Å². The van der Waals surface area contributed by atoms with Crippen LogP contribution in [0, 0.1) is 6.92 Å². The fourth-order valence-corrected chi connectivity index (χ4v) is 2.92. The summed E-state index contributed by atoms with van der Waals surface area (Å²) in [5, 5.41) is 6.10. The van der Waals surface area contributed by atoms with Crippen LogP contribution in [0.5, 0.6) is 0 Å². The second-order valence-corrected chi connectivity index (χ2v) is 7.29. The van der Waals surface area contributed by atoms with Crippen LogP contribution >= 0.6 is 11.8 Å². The van der Waals surface area contributed by atoms with Crippen LogP contribution in [0.25, 0.3) is 0 Å². The van der Waals surface area contributed by atoms with Gasteiger partial charge in [-0.2, -0.15) is 0 Å². The molecule has 0 aliphatic rings. The Morgan fingerprint density at radius 3 is 2.62 bits per heavy atom. The van der Waals surface area contributed by atoms with E-state index < -0.39 is 0 Å². The van der Waals surface area contributed by atoms with Gasteiger partial charge in [0.05, 0.1) is 11.0 Å². The van der Waals surface area contributed by atoms with E-state index in [1.165, 1.54) is 11.8 Å². The number of anilines is 1. The van der Waals surface area contributed by atoms with Gasteiger partial charge in [0.25, 0.3) is 0 Å². The number of aromatic nitrogens is 1. The summed E-state index contributed by atoms with van der Waals surface area (Å²) in [5.74, 6) is 1.27. The van der Waals surface area contributed by atoms with Gasteiger partial charge in [-0.05, 0) is 33.6 Å². The molecule has 1 aromatic rings. The molecule has 1 aromatic heterocycles. The van der Waals surface area contributed by atoms with Crippen LogP contribution in [0.2, 0.25) is 0 Å². The van der Waals surface area contributed by atoms with Crippen molar-refractivity contribution in [3.8, 4) is 0 Å². The second-order valence-electron chi connectivity index (χ2n) is 5.96. The van der Waals surface area contributed by atoms with Crippen molar-refractivity contribution in [3.63, 3.8) is 0 Å². The molecule has 0 aromatic carbocycles. The van der Waals surface area contributed by atoms with Gasteiger partial charge in [-0.3, -0.25) is 9.59 Å². The third-order valence-corrected chi connectivity index (χ3v) is 5.03. The Kier molecular flexibility index (Phi) is 8.89. The molecular weight excluding hydrogens is 326 g/mol. The van der Waals surface area contributed by atoms with E-state index in [1.54, 1.807) is 19.9 Å². The normalized spacial score (nSPS) is 13.4. The average Bonchev–Trinajstić information content (AvgIpc) is 2.97. The quantitative estimate of drug-likeness (QED) is 0.695. The fourth-order valence-electron chi connectivity index (χ4n) is 2.15. The molecule has 0 aliphatic carbocycles. The van der Waals surface area contributed by atoms with E-state index in [1.807, 2.05) is 4.90 Å². The van der Waals surface area contributed by atoms with Gasteiger partial charge in [0, 0.05) is 18.7 Å². The Morgan fingerprint density at radius 2 is 2.08 bits per heavy atom. The standard InChI is InChI=1S/C17H29N3O3S/c1-6-8-9-20(12(3)7-2)16(21)11-24-14(5)17(22)18-15-10-13(4)23-19-15/h10,12,14H,6-9,11H2,1-5H3,(H,18,19,22). The number of carbonyl (C=O) groups excluding carboxylic acids is 2. The minimum atomic E-state index is -0.337. The zero-order valence-electron chi connectivity index (χ0n) is 15.3. The monoisotopic (exact) mass is 355 g/mol. The minimum Gasteiger partial charge on any atom is -0.360 e. The summed E-state index contributed by atoms with van der Waals surface area (Å²) in [6.45, 7) is 10.6. The van der Waals surface area contributed by atoms with Crippen molar-refractivity contribution in [1.82, 2.24) is 10.1 Å². The summed E-state index contributed by atoms with van der Waals surface area (Å²) >= 11 is 1.35. The van der Waals surface area contributed by atoms with Crippen molar-refractivity contribution in [2.75, 3.05) is 17.6 Å². The van der Waals surface area contributed by atoms with Gasteiger partial charge >= 0.3 is 0 Å². The first-order chi connectivity index (χ1) is 11.4. The molecule has 0 fully saturated rings. The largest absolute Gasteiger partial charge is 0.360 e. The van der Waals surface area contributed by atoms with E-state index in [0.29, 0.717) is 17.3 Å². The molecule has 2 atom stereocenters. The van der Waals surface area contributed by atoms with Crippen molar-refractivity contribution in [2.45, 2.75) is 65.2 Å². The second kappa shape index (κ2) is 10.4. The van der Waals surface area contributed by atoms with Gasteiger partial charge in [0.2, 0.25) is 11.8 Å². The summed E-state index contributed by atoms with van der Waals surface area (Å²) in [5.41, 5.74) is 0. The predicted molar refractivity (Wildman–Crippen MR) is 98.2 cm³/mol. The minimum absolute atomic E-state index is 0.0970. The molecule has 1 rings (SSSR count). The molecule has 2 unspecified atom stereocenters. The summed E-state index contributed by atoms with van der Waals surface area (Å²) in [6.07, 6.45) is 2.99. The van der Waals surface area contributed by atoms with Gasteiger partial charge in [-0.15, -0.1) is 11.8 Å². The molecule has 0 aliphatic heterocycles. The molecule has 1 heterocycles. The molecule has 0 saturated heterocycles. The van der Waals surface area contributed by atoms with Crippen LogP contribution in [0.15, 0.2) is 10.6 Å². The zero-order chi connectivity index (χ0) is 18.1. The zero-order valence-corrected chi connectivity index (χ0v) is 16.1. The lowest BCUT2D eigenvalue weighted by Crippen LogP contribution is -2.40. The number of thioether (sulfide) groups is 1. The first-order valence-electron chi connectivity index (χ1n) is 8.54. The highest BCUT2D eigenvalue weighted by molar-refractivity contribution is 8.01. The maximum Gasteiger partial charge on any atom is 0.238 e. The van der Waals surface area contributed by atoms with E-state index in [0.717, 1.165) is 25.8 Å². The SMILES string of the molecule is CCCCN(C(=O)CSC(C)C(=O)Nc1cc(C)on1)C(C)CC. The third kappa shape index (κ3) is 6.55. The molecular formula is C17H29N3O3S. The molecule has 136 valence electrons. The van der Waals surface area contributed by atoms with Crippen molar-refractivity contribution < 1.29 is 14.1 Å². The lowest BCUT2D eigenvalue weighted by atomic mass is 10.2. The number of nitrogens with zero attached hydrogens (tertiary/aromatic N) is 2. The lowest BCUT2D eigenvalue weighted by molar-refractivity contribution is -0.130. The molecule has 6 nitrogen and oxygen atoms in total. The fraction of sp³-hybridized carbons (Fsp3) is 0.706. The Morgan fingerprint density at radius 1 is 1.38 bits per heavy atom. The molecule has 1 N–H and O–H groups in total. The highest BCUT2D eigenvalue weighted by Gasteiger charge is 2.21. The van der Waals surface area contributed by atoms with Crippen LogP contribution in [-0.2, 0) is 9.59 Å². The third-order valence-electron chi connectivity index (χ3n) is 3.90. The molecule has 0 radical (unpaired) electrons. The van der Waals surface area contributed by atoms with Crippen LogP contribution in [0.3, 0.4) is 0 Å². The van der Waals surface area contributed by atoms with Gasteiger partial charge in [-0.1, -0.05) is 25.4 Å². The van der Waals surface area contributed by atoms with E-state index in [-0.39, 0.29) is 23.1 Å². The predicted octanol–water partition coefficient (Wildman–Crippen LogP) is 3.47. The van der Waals surface area contributed by atoms with Crippen LogP contribution in [0.4, 0.5) is 5.82 Å². The number of amides is 2. The summed E-state index contributed by atoms with van der Waals surface area (Å²) in [7, 11) is 0. The number of hydrogen-bond acceptors (Lipinski definition) is 5. The number of rotatable bonds is 10. The maximum atomic E-state index is 12.5. The van der Waals surface area contributed by atoms with Crippen molar-refractivity contribution in [2.24, 2.45) is 0 Å². The number of carbonyl (C=O) groups is 2. The van der Waals surface area contributed by atoms with Crippen LogP contribution < -0.4 is 5.32 Å². The number of nitrogens with one attached hydrogen (secondary N) is 1. The molecule has 2 amide bonds. The van der Waals surface area contributed by atoms with Gasteiger partial charge in [0.1, 0.15) is 5.76 Å². The van der Waals surface area contributed by atoms with E-state index in [9.17, 15) is 9.59 Å². The average molecular weight is 356 g/mol. The van der Waals surface area contributed by atoms with E-state index in [4.69, 9.17) is 4.52 Å². The Hall–Kier alpha value is -1.50. The van der Waals surface area contributed by atoms with Crippen molar-refractivity contribution >= 4 is 29.4 Å². The topological polar surface area (TPSA) is 75.4 Å². The Bertz CT molecular complexity index is 533. The van der Waals surface area contributed by atoms with Crippen molar-refractivity contribution in [1.29, 1.82) is 0 Å². The number of aryl methyl sites for hydroxylation is 1. The maximum absolute atomic E-state index is 12.5. The molecule has 0 saturated carbocycles. The lowest BCUT2D eigenvalue weighted by Gasteiger charge is -2.29. The highest BCUT2D eigenvalue weighted by Crippen LogP contribution is 2.16. The van der Waals surface area contributed by atoms with Gasteiger partial charge in [0.15, 0.2) is 5.82 Å². The highest BCUT2D eigenvalue weighted by atomic mass is 32.2. The van der Waals surface area contributed by atoms with Crippen LogP contribution in [0.1, 0.15) is 52.7 Å². The molecule has 7 heteroatoms. The summed E-state index contributed by atoms with van der Waals surface area (Å²) in [4.78, 5) is 26.5. The molecule has 0 spiro atoms. The summed E-state index contributed by atoms with van der Waals surface area (Å²) in [6, 6.07) is 1.89. The van der Waals surface area contributed by atoms with Crippen molar-refractivity contribution in [3.05, 3.63) is 11.8 Å². The van der Waals surface area contributed by atoms with Crippen LogP contribution in [-0.4, -0.2) is 45.5 Å². The molecule has 0 bridgehead atoms.